The Kier molecular flexibility index (Phi) is 3.38. The first-order valence-corrected chi connectivity index (χ1v) is 5.66. The molecule has 1 saturated heterocycles. The van der Waals surface area contributed by atoms with Crippen LogP contribution in [0, 0.1) is 0 Å². The predicted octanol–water partition coefficient (Wildman–Crippen LogP) is 1.88. The van der Waals surface area contributed by atoms with E-state index in [-0.39, 0.29) is 5.60 Å². The smallest absolute Gasteiger partial charge is 0.140 e. The number of hydrogen-bond acceptors (Lipinski definition) is 3. The zero-order valence-corrected chi connectivity index (χ0v) is 10.3. The fraction of sp³-hybridized carbons (Fsp3) is 0.500. The Morgan fingerprint density at radius 3 is 2.62 bits per heavy atom. The third-order valence-electron chi connectivity index (χ3n) is 3.09. The van der Waals surface area contributed by atoms with E-state index in [1.807, 2.05) is 18.2 Å². The maximum absolute atomic E-state index is 6.08. The first-order valence-electron chi connectivity index (χ1n) is 5.28. The summed E-state index contributed by atoms with van der Waals surface area (Å²) in [5.74, 6) is 0.757. The summed E-state index contributed by atoms with van der Waals surface area (Å²) in [5.41, 5.74) is 0.996. The number of halogens is 1. The minimum atomic E-state index is -0.0992. The van der Waals surface area contributed by atoms with Gasteiger partial charge < -0.3 is 14.8 Å². The average Bonchev–Trinajstić information content (AvgIpc) is 2.23. The van der Waals surface area contributed by atoms with Crippen molar-refractivity contribution in [2.75, 3.05) is 27.3 Å². The van der Waals surface area contributed by atoms with Crippen LogP contribution >= 0.6 is 11.6 Å². The number of hydrogen-bond donors (Lipinski definition) is 1. The highest BCUT2D eigenvalue weighted by atomic mass is 35.5. The summed E-state index contributed by atoms with van der Waals surface area (Å²) < 4.78 is 10.9. The predicted molar refractivity (Wildman–Crippen MR) is 64.3 cm³/mol. The number of methoxy groups -OCH3 is 2. The first kappa shape index (κ1) is 11.7. The van der Waals surface area contributed by atoms with Crippen LogP contribution in [0.25, 0.3) is 0 Å². The highest BCUT2D eigenvalue weighted by Crippen LogP contribution is 2.32. The fourth-order valence-electron chi connectivity index (χ4n) is 2.01. The third-order valence-corrected chi connectivity index (χ3v) is 3.39. The van der Waals surface area contributed by atoms with Crippen LogP contribution < -0.4 is 10.1 Å². The number of nitrogens with one attached hydrogen (secondary N) is 1. The Morgan fingerprint density at radius 1 is 1.38 bits per heavy atom. The lowest BCUT2D eigenvalue weighted by Crippen LogP contribution is -2.61. The molecule has 3 nitrogen and oxygen atoms in total. The zero-order valence-electron chi connectivity index (χ0n) is 9.55. The summed E-state index contributed by atoms with van der Waals surface area (Å²) in [6.45, 7) is 1.75. The summed E-state index contributed by atoms with van der Waals surface area (Å²) in [4.78, 5) is 0. The van der Waals surface area contributed by atoms with E-state index >= 15 is 0 Å². The van der Waals surface area contributed by atoms with E-state index in [9.17, 15) is 0 Å². The molecule has 0 bridgehead atoms. The van der Waals surface area contributed by atoms with E-state index in [0.717, 1.165) is 30.8 Å². The Morgan fingerprint density at radius 2 is 2.12 bits per heavy atom. The van der Waals surface area contributed by atoms with Crippen LogP contribution in [0.5, 0.6) is 5.75 Å². The van der Waals surface area contributed by atoms with Crippen molar-refractivity contribution in [1.29, 1.82) is 0 Å². The van der Waals surface area contributed by atoms with Crippen LogP contribution in [-0.4, -0.2) is 32.9 Å². The molecule has 0 saturated carbocycles. The van der Waals surface area contributed by atoms with Crippen molar-refractivity contribution < 1.29 is 9.47 Å². The first-order chi connectivity index (χ1) is 7.71. The maximum Gasteiger partial charge on any atom is 0.140 e. The molecule has 88 valence electrons. The van der Waals surface area contributed by atoms with E-state index in [1.165, 1.54) is 0 Å². The molecule has 0 unspecified atom stereocenters. The van der Waals surface area contributed by atoms with Gasteiger partial charge in [-0.3, -0.25) is 0 Å². The van der Waals surface area contributed by atoms with Crippen LogP contribution in [0.1, 0.15) is 5.56 Å². The van der Waals surface area contributed by atoms with Crippen molar-refractivity contribution >= 4 is 11.6 Å². The van der Waals surface area contributed by atoms with E-state index in [0.29, 0.717) is 5.02 Å². The molecule has 4 heteroatoms. The monoisotopic (exact) mass is 241 g/mol. The number of ether oxygens (including phenoxy) is 2. The highest BCUT2D eigenvalue weighted by molar-refractivity contribution is 6.32. The van der Waals surface area contributed by atoms with E-state index in [1.54, 1.807) is 14.2 Å². The van der Waals surface area contributed by atoms with Crippen LogP contribution in [0.2, 0.25) is 5.02 Å². The normalized spacial score (nSPS) is 17.9. The maximum atomic E-state index is 6.08. The zero-order chi connectivity index (χ0) is 11.6. The summed E-state index contributed by atoms with van der Waals surface area (Å²) >= 11 is 6.08. The molecule has 0 amide bonds. The lowest BCUT2D eigenvalue weighted by molar-refractivity contribution is -0.0505. The van der Waals surface area contributed by atoms with Crippen molar-refractivity contribution in [3.8, 4) is 5.75 Å². The van der Waals surface area contributed by atoms with Crippen molar-refractivity contribution in [3.63, 3.8) is 0 Å². The van der Waals surface area contributed by atoms with Crippen LogP contribution in [0.15, 0.2) is 18.2 Å². The second kappa shape index (κ2) is 4.62. The van der Waals surface area contributed by atoms with Gasteiger partial charge in [-0.15, -0.1) is 0 Å². The van der Waals surface area contributed by atoms with Crippen molar-refractivity contribution in [1.82, 2.24) is 5.32 Å². The SMILES string of the molecule is COc1c(Cl)cccc1CC1(OC)CNC1. The minimum Gasteiger partial charge on any atom is -0.495 e. The van der Waals surface area contributed by atoms with Crippen molar-refractivity contribution in [2.45, 2.75) is 12.0 Å². The summed E-state index contributed by atoms with van der Waals surface area (Å²) in [5, 5.41) is 3.88. The van der Waals surface area contributed by atoms with Crippen LogP contribution in [-0.2, 0) is 11.2 Å². The molecule has 1 heterocycles. The van der Waals surface area contributed by atoms with Gasteiger partial charge in [-0.1, -0.05) is 23.7 Å². The molecule has 0 spiro atoms. The lowest BCUT2D eigenvalue weighted by Gasteiger charge is -2.41. The summed E-state index contributed by atoms with van der Waals surface area (Å²) in [6.07, 6.45) is 0.820. The molecule has 0 aliphatic carbocycles. The van der Waals surface area contributed by atoms with Gasteiger partial charge in [-0.25, -0.2) is 0 Å². The molecule has 1 N–H and O–H groups in total. The second-order valence-electron chi connectivity index (χ2n) is 4.10. The molecule has 1 aromatic rings. The molecular formula is C12H16ClNO2. The van der Waals surface area contributed by atoms with Crippen molar-refractivity contribution in [2.24, 2.45) is 0 Å². The molecule has 0 atom stereocenters. The van der Waals surface area contributed by atoms with E-state index in [4.69, 9.17) is 21.1 Å². The van der Waals surface area contributed by atoms with Gasteiger partial charge in [0.15, 0.2) is 0 Å². The molecule has 1 aliphatic heterocycles. The van der Waals surface area contributed by atoms with Gasteiger partial charge in [0.1, 0.15) is 5.75 Å². The quantitative estimate of drug-likeness (QED) is 0.873. The Balaban J connectivity index is 2.23. The molecular weight excluding hydrogens is 226 g/mol. The largest absolute Gasteiger partial charge is 0.495 e. The number of benzene rings is 1. The van der Waals surface area contributed by atoms with Gasteiger partial charge in [0.25, 0.3) is 0 Å². The van der Waals surface area contributed by atoms with Crippen LogP contribution in [0.4, 0.5) is 0 Å². The molecule has 1 aromatic carbocycles. The fourth-order valence-corrected chi connectivity index (χ4v) is 2.29. The lowest BCUT2D eigenvalue weighted by atomic mass is 9.88. The number of para-hydroxylation sites is 1. The second-order valence-corrected chi connectivity index (χ2v) is 4.51. The summed E-state index contributed by atoms with van der Waals surface area (Å²) in [6, 6.07) is 5.81. The van der Waals surface area contributed by atoms with Gasteiger partial charge in [0, 0.05) is 26.6 Å². The Hall–Kier alpha value is -0.770. The van der Waals surface area contributed by atoms with Gasteiger partial charge in [-0.05, 0) is 11.6 Å². The number of rotatable bonds is 4. The Bertz CT molecular complexity index is 372. The van der Waals surface area contributed by atoms with E-state index < -0.39 is 0 Å². The summed E-state index contributed by atoms with van der Waals surface area (Å²) in [7, 11) is 3.39. The van der Waals surface area contributed by atoms with Gasteiger partial charge in [-0.2, -0.15) is 0 Å². The van der Waals surface area contributed by atoms with Crippen molar-refractivity contribution in [3.05, 3.63) is 28.8 Å². The van der Waals surface area contributed by atoms with Gasteiger partial charge in [0.05, 0.1) is 17.7 Å². The Labute approximate surface area is 101 Å². The standard InChI is InChI=1S/C12H16ClNO2/c1-15-11-9(4-3-5-10(11)13)6-12(16-2)7-14-8-12/h3-5,14H,6-8H2,1-2H3. The topological polar surface area (TPSA) is 30.5 Å². The highest BCUT2D eigenvalue weighted by Gasteiger charge is 2.37. The molecule has 0 radical (unpaired) electrons. The third kappa shape index (κ3) is 2.03. The molecule has 1 aliphatic rings. The molecule has 16 heavy (non-hydrogen) atoms. The molecule has 2 rings (SSSR count). The molecule has 0 aromatic heterocycles. The molecule has 1 fully saturated rings. The minimum absolute atomic E-state index is 0.0992. The van der Waals surface area contributed by atoms with Gasteiger partial charge >= 0.3 is 0 Å². The average molecular weight is 242 g/mol. The van der Waals surface area contributed by atoms with E-state index in [2.05, 4.69) is 5.32 Å². The van der Waals surface area contributed by atoms with Crippen LogP contribution in [0.3, 0.4) is 0 Å². The van der Waals surface area contributed by atoms with Gasteiger partial charge in [0.2, 0.25) is 0 Å².